The molecule has 0 amide bonds. The van der Waals surface area contributed by atoms with Crippen LogP contribution in [0.15, 0.2) is 0 Å². The molecule has 2 nitrogen and oxygen atoms in total. The largest absolute Gasteiger partial charge is 0.439 e. The van der Waals surface area contributed by atoms with E-state index in [0.29, 0.717) is 0 Å². The molecule has 0 aliphatic heterocycles. The third-order valence-electron chi connectivity index (χ3n) is 6.00. The Hall–Kier alpha value is -1.10. The van der Waals surface area contributed by atoms with Crippen LogP contribution in [0.1, 0.15) is 12.8 Å². The number of hydrogen-bond acceptors (Lipinski definition) is 2. The van der Waals surface area contributed by atoms with Crippen molar-refractivity contribution in [3.8, 4) is 0 Å². The Morgan fingerprint density at radius 2 is 0.844 bits per heavy atom. The molecule has 0 aromatic heterocycles. The first-order chi connectivity index (χ1) is 14.0. The standard InChI is InChI=1S/C14H6BrF15O2/c15-3-1-2-4(31)32-8-12(25,26)5(16)9(19,20)6(17,13(8,27)28)11(23,24)7(18,10(5,21)22)14(8,29)30/h1-3H2. The van der Waals surface area contributed by atoms with E-state index < -0.39 is 77.0 Å². The molecule has 4 aliphatic rings. The molecule has 4 aliphatic carbocycles. The number of alkyl halides is 16. The summed E-state index contributed by atoms with van der Waals surface area (Å²) in [6.07, 6.45) is -2.11. The second kappa shape index (κ2) is 5.75. The Bertz CT molecular complexity index is 757. The van der Waals surface area contributed by atoms with Gasteiger partial charge in [-0.3, -0.25) is 4.79 Å². The van der Waals surface area contributed by atoms with Crippen molar-refractivity contribution in [1.82, 2.24) is 0 Å². The molecule has 186 valence electrons. The van der Waals surface area contributed by atoms with Gasteiger partial charge in [0.1, 0.15) is 0 Å². The van der Waals surface area contributed by atoms with Gasteiger partial charge in [0, 0.05) is 11.8 Å². The number of hydrogen-bond donors (Lipinski definition) is 0. The van der Waals surface area contributed by atoms with E-state index in [1.807, 2.05) is 0 Å². The molecule has 0 unspecified atom stereocenters. The minimum atomic E-state index is -7.89. The summed E-state index contributed by atoms with van der Waals surface area (Å²) in [5.74, 6) is -49.5. The molecule has 0 saturated heterocycles. The van der Waals surface area contributed by atoms with Gasteiger partial charge < -0.3 is 4.74 Å². The molecule has 4 fully saturated rings. The molecule has 4 rings (SSSR count). The predicted molar refractivity (Wildman–Crippen MR) is 73.0 cm³/mol. The fourth-order valence-electron chi connectivity index (χ4n) is 4.43. The van der Waals surface area contributed by atoms with Crippen molar-refractivity contribution < 1.29 is 75.4 Å². The summed E-state index contributed by atoms with van der Waals surface area (Å²) in [4.78, 5) is 11.6. The van der Waals surface area contributed by atoms with Gasteiger partial charge in [-0.05, 0) is 6.42 Å². The van der Waals surface area contributed by atoms with Crippen LogP contribution in [0.3, 0.4) is 0 Å². The van der Waals surface area contributed by atoms with E-state index >= 15 is 0 Å². The number of rotatable bonds is 4. The van der Waals surface area contributed by atoms with Crippen LogP contribution in [-0.2, 0) is 9.53 Å². The molecule has 0 radical (unpaired) electrons. The number of halogens is 16. The van der Waals surface area contributed by atoms with Gasteiger partial charge in [0.05, 0.1) is 0 Å². The molecular weight excluding hydrogens is 565 g/mol. The fourth-order valence-corrected chi connectivity index (χ4v) is 4.71. The average molecular weight is 571 g/mol. The summed E-state index contributed by atoms with van der Waals surface area (Å²) in [6.45, 7) is 0. The van der Waals surface area contributed by atoms with Gasteiger partial charge in [0.25, 0.3) is 0 Å². The third kappa shape index (κ3) is 1.67. The van der Waals surface area contributed by atoms with Gasteiger partial charge in [-0.25, -0.2) is 13.2 Å². The lowest BCUT2D eigenvalue weighted by Crippen LogP contribution is -3.10. The Kier molecular flexibility index (Phi) is 4.59. The molecule has 0 N–H and O–H groups in total. The Balaban J connectivity index is 2.57. The lowest BCUT2D eigenvalue weighted by molar-refractivity contribution is -0.614. The third-order valence-corrected chi connectivity index (χ3v) is 6.56. The highest BCUT2D eigenvalue weighted by Crippen LogP contribution is 2.88. The van der Waals surface area contributed by atoms with E-state index in [0.717, 1.165) is 0 Å². The summed E-state index contributed by atoms with van der Waals surface area (Å²) >= 11 is 2.58. The second-order valence-electron chi connectivity index (χ2n) is 7.37. The monoisotopic (exact) mass is 570 g/mol. The van der Waals surface area contributed by atoms with E-state index in [2.05, 4.69) is 20.7 Å². The van der Waals surface area contributed by atoms with Crippen LogP contribution in [0.25, 0.3) is 0 Å². The number of carbonyl (C=O) groups is 1. The van der Waals surface area contributed by atoms with E-state index in [1.165, 1.54) is 0 Å². The average Bonchev–Trinajstić information content (AvgIpc) is 2.63. The maximum atomic E-state index is 14.8. The molecule has 0 spiro atoms. The summed E-state index contributed by atoms with van der Waals surface area (Å²) in [7, 11) is 0. The van der Waals surface area contributed by atoms with Gasteiger partial charge in [0.2, 0.25) is 0 Å². The van der Waals surface area contributed by atoms with Gasteiger partial charge in [-0.1, -0.05) is 15.9 Å². The molecule has 0 aromatic rings. The molecule has 0 atom stereocenters. The lowest BCUT2D eigenvalue weighted by Gasteiger charge is -2.74. The summed E-state index contributed by atoms with van der Waals surface area (Å²) in [5, 5.41) is -0.320. The first kappa shape index (κ1) is 25.5. The number of esters is 1. The highest BCUT2D eigenvalue weighted by atomic mass is 79.9. The summed E-state index contributed by atoms with van der Waals surface area (Å²) in [6, 6.07) is 0. The van der Waals surface area contributed by atoms with Crippen LogP contribution in [0.5, 0.6) is 0 Å². The zero-order valence-electron chi connectivity index (χ0n) is 14.5. The van der Waals surface area contributed by atoms with E-state index in [-0.39, 0.29) is 5.33 Å². The topological polar surface area (TPSA) is 26.3 Å². The molecule has 4 saturated carbocycles. The van der Waals surface area contributed by atoms with Crippen molar-refractivity contribution >= 4 is 21.9 Å². The molecule has 0 aromatic carbocycles. The van der Waals surface area contributed by atoms with E-state index in [1.54, 1.807) is 0 Å². The summed E-state index contributed by atoms with van der Waals surface area (Å²) in [5.41, 5.74) is -30.4. The Morgan fingerprint density at radius 3 is 1.09 bits per heavy atom. The van der Waals surface area contributed by atoms with Gasteiger partial charge in [-0.2, -0.15) is 52.7 Å². The van der Waals surface area contributed by atoms with Crippen LogP contribution in [0.4, 0.5) is 65.9 Å². The van der Waals surface area contributed by atoms with Crippen molar-refractivity contribution in [3.05, 3.63) is 0 Å². The second-order valence-corrected chi connectivity index (χ2v) is 8.16. The molecule has 4 bridgehead atoms. The van der Waals surface area contributed by atoms with Crippen molar-refractivity contribution in [3.63, 3.8) is 0 Å². The Labute approximate surface area is 174 Å². The van der Waals surface area contributed by atoms with Gasteiger partial charge >= 0.3 is 64.1 Å². The normalized spacial score (nSPS) is 45.5. The van der Waals surface area contributed by atoms with Crippen LogP contribution in [-0.4, -0.2) is 69.4 Å². The van der Waals surface area contributed by atoms with Crippen LogP contribution >= 0.6 is 15.9 Å². The van der Waals surface area contributed by atoms with Crippen molar-refractivity contribution in [2.75, 3.05) is 5.33 Å². The molecular formula is C14H6BrF15O2. The quantitative estimate of drug-likeness (QED) is 0.256. The van der Waals surface area contributed by atoms with E-state index in [4.69, 9.17) is 0 Å². The smallest absolute Gasteiger partial charge is 0.345 e. The zero-order chi connectivity index (χ0) is 25.4. The summed E-state index contributed by atoms with van der Waals surface area (Å²) < 4.78 is 220. The Morgan fingerprint density at radius 1 is 0.562 bits per heavy atom. The van der Waals surface area contributed by atoms with Crippen LogP contribution < -0.4 is 0 Å². The van der Waals surface area contributed by atoms with Crippen molar-refractivity contribution in [2.24, 2.45) is 0 Å². The minimum Gasteiger partial charge on any atom is -0.439 e. The predicted octanol–water partition coefficient (Wildman–Crippen LogP) is 5.42. The van der Waals surface area contributed by atoms with Crippen LogP contribution in [0, 0.1) is 0 Å². The number of carbonyl (C=O) groups excluding carboxylic acids is 1. The van der Waals surface area contributed by atoms with Gasteiger partial charge in [0.15, 0.2) is 0 Å². The minimum absolute atomic E-state index is 0.320. The first-order valence-electron chi connectivity index (χ1n) is 8.07. The molecule has 32 heavy (non-hydrogen) atoms. The van der Waals surface area contributed by atoms with Crippen molar-refractivity contribution in [1.29, 1.82) is 0 Å². The highest BCUT2D eigenvalue weighted by Gasteiger charge is 3.24. The fraction of sp³-hybridized carbons (Fsp3) is 0.929. The molecule has 0 heterocycles. The lowest BCUT2D eigenvalue weighted by atomic mass is 9.40. The maximum absolute atomic E-state index is 14.8. The highest BCUT2D eigenvalue weighted by molar-refractivity contribution is 9.09. The first-order valence-corrected chi connectivity index (χ1v) is 9.19. The maximum Gasteiger partial charge on any atom is 0.345 e. The SMILES string of the molecule is O=C(CCCBr)OC12C(F)(F)C3(F)C(F)(F)C(F)(C(F)(F)C(F)(C3(F)F)C1(F)F)C2(F)F. The zero-order valence-corrected chi connectivity index (χ0v) is 16.1. The van der Waals surface area contributed by atoms with Gasteiger partial charge in [-0.15, -0.1) is 0 Å². The van der Waals surface area contributed by atoms with E-state index in [9.17, 15) is 70.7 Å². The van der Waals surface area contributed by atoms with Crippen molar-refractivity contribution in [2.45, 2.75) is 71.0 Å². The number of ether oxygens (including phenoxy) is 1. The van der Waals surface area contributed by atoms with Crippen LogP contribution in [0.2, 0.25) is 0 Å². The molecule has 18 heteroatoms.